The quantitative estimate of drug-likeness (QED) is 0.689. The van der Waals surface area contributed by atoms with Gasteiger partial charge in [-0.1, -0.05) is 6.07 Å². The maximum atomic E-state index is 9.90. The predicted molar refractivity (Wildman–Crippen MR) is 91.9 cm³/mol. The van der Waals surface area contributed by atoms with Crippen LogP contribution in [0.2, 0.25) is 0 Å². The van der Waals surface area contributed by atoms with E-state index in [0.717, 1.165) is 29.7 Å². The Kier molecular flexibility index (Phi) is 3.19. The second-order valence-electron chi connectivity index (χ2n) is 5.57. The number of ether oxygens (including phenoxy) is 1. The van der Waals surface area contributed by atoms with E-state index in [2.05, 4.69) is 33.8 Å². The lowest BCUT2D eigenvalue weighted by Crippen LogP contribution is -1.95. The van der Waals surface area contributed by atoms with Gasteiger partial charge in [0.05, 0.1) is 12.6 Å². The van der Waals surface area contributed by atoms with Crippen molar-refractivity contribution in [2.24, 2.45) is 0 Å². The van der Waals surface area contributed by atoms with E-state index in [9.17, 15) is 5.11 Å². The van der Waals surface area contributed by atoms with Gasteiger partial charge in [0.25, 0.3) is 0 Å². The predicted octanol–water partition coefficient (Wildman–Crippen LogP) is 3.66. The number of hydrogen-bond acceptors (Lipinski definition) is 5. The summed E-state index contributed by atoms with van der Waals surface area (Å²) < 4.78 is 5.20. The van der Waals surface area contributed by atoms with Crippen LogP contribution in [0.1, 0.15) is 5.56 Å². The van der Waals surface area contributed by atoms with Crippen LogP contribution in [0.15, 0.2) is 42.6 Å². The number of pyridine rings is 1. The van der Waals surface area contributed by atoms with E-state index in [1.165, 1.54) is 18.4 Å². The van der Waals surface area contributed by atoms with E-state index >= 15 is 0 Å². The van der Waals surface area contributed by atoms with Crippen molar-refractivity contribution in [3.8, 4) is 11.5 Å². The molecule has 116 valence electrons. The van der Waals surface area contributed by atoms with E-state index < -0.39 is 0 Å². The first-order valence-corrected chi connectivity index (χ1v) is 7.54. The number of phenols is 1. The highest BCUT2D eigenvalue weighted by molar-refractivity contribution is 5.95. The summed E-state index contributed by atoms with van der Waals surface area (Å²) in [7, 11) is 1.54. The van der Waals surface area contributed by atoms with Crippen LogP contribution in [0.4, 0.5) is 17.1 Å². The number of aromatic hydroxyl groups is 1. The molecule has 3 N–H and O–H groups in total. The Morgan fingerprint density at radius 2 is 2.13 bits per heavy atom. The van der Waals surface area contributed by atoms with Gasteiger partial charge in [0.15, 0.2) is 11.5 Å². The van der Waals surface area contributed by atoms with Crippen molar-refractivity contribution < 1.29 is 9.84 Å². The Hall–Kier alpha value is -2.95. The molecule has 0 atom stereocenters. The molecular weight excluding hydrogens is 290 g/mol. The minimum absolute atomic E-state index is 0.0892. The lowest BCUT2D eigenvalue weighted by atomic mass is 10.1. The van der Waals surface area contributed by atoms with Crippen LogP contribution in [0.25, 0.3) is 10.9 Å². The molecule has 23 heavy (non-hydrogen) atoms. The summed E-state index contributed by atoms with van der Waals surface area (Å²) in [6.07, 6.45) is 2.80. The lowest BCUT2D eigenvalue weighted by molar-refractivity contribution is 0.374. The first kappa shape index (κ1) is 13.7. The number of hydrogen-bond donors (Lipinski definition) is 3. The number of nitrogens with zero attached hydrogens (tertiary/aromatic N) is 1. The monoisotopic (exact) mass is 307 g/mol. The first-order chi connectivity index (χ1) is 11.2. The van der Waals surface area contributed by atoms with Crippen molar-refractivity contribution in [3.05, 3.63) is 48.2 Å². The SMILES string of the molecule is COc1cc2c(Nc3ccc4c(c3)NCC4)ccnc2cc1O. The van der Waals surface area contributed by atoms with E-state index in [-0.39, 0.29) is 5.75 Å². The summed E-state index contributed by atoms with van der Waals surface area (Å²) >= 11 is 0. The number of phenolic OH excluding ortho intramolecular Hbond substituents is 1. The number of aromatic nitrogens is 1. The number of fused-ring (bicyclic) bond motifs is 2. The van der Waals surface area contributed by atoms with Crippen molar-refractivity contribution in [2.45, 2.75) is 6.42 Å². The van der Waals surface area contributed by atoms with Gasteiger partial charge in [0.2, 0.25) is 0 Å². The van der Waals surface area contributed by atoms with Crippen LogP contribution < -0.4 is 15.4 Å². The topological polar surface area (TPSA) is 66.4 Å². The van der Waals surface area contributed by atoms with Crippen LogP contribution in [0, 0.1) is 0 Å². The molecule has 0 amide bonds. The maximum absolute atomic E-state index is 9.90. The molecular formula is C18H17N3O2. The fraction of sp³-hybridized carbons (Fsp3) is 0.167. The Labute approximate surface area is 133 Å². The Balaban J connectivity index is 1.76. The first-order valence-electron chi connectivity index (χ1n) is 7.54. The third kappa shape index (κ3) is 2.40. The molecule has 4 rings (SSSR count). The molecule has 3 aromatic rings. The number of rotatable bonds is 3. The number of benzene rings is 2. The fourth-order valence-electron chi connectivity index (χ4n) is 2.96. The lowest BCUT2D eigenvalue weighted by Gasteiger charge is -2.12. The second-order valence-corrected chi connectivity index (χ2v) is 5.57. The van der Waals surface area contributed by atoms with Crippen LogP contribution in [0.5, 0.6) is 11.5 Å². The summed E-state index contributed by atoms with van der Waals surface area (Å²) in [6.45, 7) is 0.994. The van der Waals surface area contributed by atoms with E-state index in [1.54, 1.807) is 18.3 Å². The van der Waals surface area contributed by atoms with Crippen molar-refractivity contribution in [2.75, 3.05) is 24.3 Å². The zero-order valence-corrected chi connectivity index (χ0v) is 12.8. The van der Waals surface area contributed by atoms with Gasteiger partial charge in [-0.05, 0) is 36.2 Å². The van der Waals surface area contributed by atoms with Gasteiger partial charge in [-0.2, -0.15) is 0 Å². The fourth-order valence-corrected chi connectivity index (χ4v) is 2.96. The molecule has 2 aromatic carbocycles. The van der Waals surface area contributed by atoms with Gasteiger partial charge >= 0.3 is 0 Å². The van der Waals surface area contributed by atoms with Crippen molar-refractivity contribution in [3.63, 3.8) is 0 Å². The smallest absolute Gasteiger partial charge is 0.161 e. The van der Waals surface area contributed by atoms with Crippen LogP contribution in [-0.4, -0.2) is 23.7 Å². The maximum Gasteiger partial charge on any atom is 0.161 e. The van der Waals surface area contributed by atoms with Crippen molar-refractivity contribution >= 4 is 28.0 Å². The molecule has 0 bridgehead atoms. The van der Waals surface area contributed by atoms with Gasteiger partial charge in [-0.3, -0.25) is 4.98 Å². The summed E-state index contributed by atoms with van der Waals surface area (Å²) in [4.78, 5) is 4.31. The molecule has 1 aromatic heterocycles. The molecule has 1 aliphatic heterocycles. The average Bonchev–Trinajstić information content (AvgIpc) is 3.02. The summed E-state index contributed by atoms with van der Waals surface area (Å²) in [5, 5.41) is 17.6. The van der Waals surface area contributed by atoms with E-state index in [4.69, 9.17) is 4.74 Å². The highest BCUT2D eigenvalue weighted by atomic mass is 16.5. The molecule has 0 radical (unpaired) electrons. The molecule has 0 aliphatic carbocycles. The van der Waals surface area contributed by atoms with Crippen LogP contribution in [-0.2, 0) is 6.42 Å². The Morgan fingerprint density at radius 3 is 3.00 bits per heavy atom. The van der Waals surface area contributed by atoms with E-state index in [0.29, 0.717) is 11.3 Å². The highest BCUT2D eigenvalue weighted by Gasteiger charge is 2.12. The largest absolute Gasteiger partial charge is 0.504 e. The standard InChI is InChI=1S/C18H17N3O2/c1-23-18-9-13-14(5-7-20-16(13)10-17(18)22)21-12-3-2-11-4-6-19-15(11)8-12/h2-3,5,7-10,19,22H,4,6H2,1H3,(H,20,21). The van der Waals surface area contributed by atoms with Crippen molar-refractivity contribution in [1.82, 2.24) is 4.98 Å². The molecule has 5 heteroatoms. The molecule has 0 spiro atoms. The Bertz CT molecular complexity index is 893. The second kappa shape index (κ2) is 5.35. The van der Waals surface area contributed by atoms with Gasteiger partial charge in [-0.15, -0.1) is 0 Å². The molecule has 0 fully saturated rings. The minimum atomic E-state index is 0.0892. The Morgan fingerprint density at radius 1 is 1.22 bits per heavy atom. The van der Waals surface area contributed by atoms with Crippen molar-refractivity contribution in [1.29, 1.82) is 0 Å². The third-order valence-electron chi connectivity index (χ3n) is 4.14. The highest BCUT2D eigenvalue weighted by Crippen LogP contribution is 2.35. The number of anilines is 3. The van der Waals surface area contributed by atoms with Gasteiger partial charge in [-0.25, -0.2) is 0 Å². The molecule has 1 aliphatic rings. The third-order valence-corrected chi connectivity index (χ3v) is 4.14. The minimum Gasteiger partial charge on any atom is -0.504 e. The summed E-state index contributed by atoms with van der Waals surface area (Å²) in [5.41, 5.74) is 5.18. The zero-order chi connectivity index (χ0) is 15.8. The molecule has 0 saturated heterocycles. The zero-order valence-electron chi connectivity index (χ0n) is 12.8. The molecule has 2 heterocycles. The molecule has 5 nitrogen and oxygen atoms in total. The normalized spacial score (nSPS) is 12.7. The van der Waals surface area contributed by atoms with E-state index in [1.807, 2.05) is 6.07 Å². The molecule has 0 unspecified atom stereocenters. The average molecular weight is 307 g/mol. The summed E-state index contributed by atoms with van der Waals surface area (Å²) in [6, 6.07) is 11.7. The van der Waals surface area contributed by atoms with Gasteiger partial charge < -0.3 is 20.5 Å². The number of nitrogens with one attached hydrogen (secondary N) is 2. The van der Waals surface area contributed by atoms with Crippen LogP contribution >= 0.6 is 0 Å². The van der Waals surface area contributed by atoms with Gasteiger partial charge in [0.1, 0.15) is 0 Å². The molecule has 0 saturated carbocycles. The number of methoxy groups -OCH3 is 1. The van der Waals surface area contributed by atoms with Crippen LogP contribution in [0.3, 0.4) is 0 Å². The van der Waals surface area contributed by atoms with Gasteiger partial charge in [0, 0.05) is 41.3 Å². The summed E-state index contributed by atoms with van der Waals surface area (Å²) in [5.74, 6) is 0.524.